The van der Waals surface area contributed by atoms with Gasteiger partial charge in [0.2, 0.25) is 5.75 Å². The minimum absolute atomic E-state index is 0.0203. The van der Waals surface area contributed by atoms with Crippen LogP contribution < -0.4 is 4.74 Å². The number of ether oxygens (including phenoxy) is 1. The molecule has 1 aromatic rings. The second-order valence-electron chi connectivity index (χ2n) is 3.53. The molecule has 1 saturated carbocycles. The second kappa shape index (κ2) is 3.84. The van der Waals surface area contributed by atoms with Crippen molar-refractivity contribution in [1.82, 2.24) is 4.98 Å². The molecule has 0 amide bonds. The third kappa shape index (κ3) is 2.06. The molecule has 2 rings (SSSR count). The first-order chi connectivity index (χ1) is 7.22. The van der Waals surface area contributed by atoms with Crippen LogP contribution in [0.1, 0.15) is 25.5 Å². The van der Waals surface area contributed by atoms with Crippen molar-refractivity contribution >= 4 is 5.69 Å². The van der Waals surface area contributed by atoms with E-state index < -0.39 is 4.92 Å². The summed E-state index contributed by atoms with van der Waals surface area (Å²) in [5.74, 6) is 0.356. The van der Waals surface area contributed by atoms with Gasteiger partial charge in [0.25, 0.3) is 0 Å². The smallest absolute Gasteiger partial charge is 0.332 e. The average molecular weight is 208 g/mol. The molecular weight excluding hydrogens is 196 g/mol. The zero-order valence-electron chi connectivity index (χ0n) is 8.47. The Bertz CT molecular complexity index is 388. The molecule has 5 nitrogen and oxygen atoms in total. The van der Waals surface area contributed by atoms with E-state index in [1.54, 1.807) is 12.3 Å². The Morgan fingerprint density at radius 2 is 2.40 bits per heavy atom. The van der Waals surface area contributed by atoms with E-state index in [1.807, 2.05) is 6.92 Å². The van der Waals surface area contributed by atoms with Crippen molar-refractivity contribution in [1.29, 1.82) is 0 Å². The van der Waals surface area contributed by atoms with Crippen LogP contribution in [0.25, 0.3) is 0 Å². The van der Waals surface area contributed by atoms with Crippen molar-refractivity contribution < 1.29 is 9.66 Å². The SMILES string of the molecule is CCc1nccc(OC2CC2)c1[N+](=O)[O-]. The number of rotatable bonds is 4. The molecule has 0 bridgehead atoms. The standard InChI is InChI=1S/C10H12N2O3/c1-2-8-10(12(13)14)9(5-6-11-8)15-7-3-4-7/h5-7H,2-4H2,1H3. The van der Waals surface area contributed by atoms with E-state index in [0.29, 0.717) is 17.9 Å². The average Bonchev–Trinajstić information content (AvgIpc) is 3.01. The normalized spacial score (nSPS) is 15.0. The summed E-state index contributed by atoms with van der Waals surface area (Å²) in [5, 5.41) is 10.9. The van der Waals surface area contributed by atoms with E-state index in [1.165, 1.54) is 0 Å². The Hall–Kier alpha value is -1.65. The van der Waals surface area contributed by atoms with Crippen molar-refractivity contribution in [3.05, 3.63) is 28.1 Å². The van der Waals surface area contributed by atoms with Gasteiger partial charge in [0.05, 0.1) is 11.0 Å². The van der Waals surface area contributed by atoms with Gasteiger partial charge in [-0.1, -0.05) is 6.92 Å². The van der Waals surface area contributed by atoms with E-state index in [-0.39, 0.29) is 11.8 Å². The van der Waals surface area contributed by atoms with Gasteiger partial charge in [0.1, 0.15) is 5.69 Å². The maximum atomic E-state index is 10.9. The number of nitrogens with zero attached hydrogens (tertiary/aromatic N) is 2. The maximum absolute atomic E-state index is 10.9. The van der Waals surface area contributed by atoms with E-state index in [4.69, 9.17) is 4.74 Å². The van der Waals surface area contributed by atoms with E-state index in [0.717, 1.165) is 12.8 Å². The number of aryl methyl sites for hydroxylation is 1. The highest BCUT2D eigenvalue weighted by Crippen LogP contribution is 2.34. The fourth-order valence-corrected chi connectivity index (χ4v) is 1.39. The lowest BCUT2D eigenvalue weighted by molar-refractivity contribution is -0.387. The summed E-state index contributed by atoms with van der Waals surface area (Å²) in [4.78, 5) is 14.5. The summed E-state index contributed by atoms with van der Waals surface area (Å²) in [6.45, 7) is 1.84. The molecular formula is C10H12N2O3. The number of hydrogen-bond acceptors (Lipinski definition) is 4. The largest absolute Gasteiger partial charge is 0.483 e. The van der Waals surface area contributed by atoms with Gasteiger partial charge in [-0.2, -0.15) is 0 Å². The third-order valence-electron chi connectivity index (χ3n) is 2.30. The minimum Gasteiger partial charge on any atom is -0.483 e. The molecule has 15 heavy (non-hydrogen) atoms. The Labute approximate surface area is 87.2 Å². The van der Waals surface area contributed by atoms with Crippen LogP contribution in [0, 0.1) is 10.1 Å². The van der Waals surface area contributed by atoms with Crippen molar-refractivity contribution in [2.24, 2.45) is 0 Å². The summed E-state index contributed by atoms with van der Waals surface area (Å²) in [6.07, 6.45) is 4.24. The number of pyridine rings is 1. The molecule has 1 aromatic heterocycles. The highest BCUT2D eigenvalue weighted by molar-refractivity contribution is 5.49. The van der Waals surface area contributed by atoms with Gasteiger partial charge in [0.15, 0.2) is 0 Å². The summed E-state index contributed by atoms with van der Waals surface area (Å²) in [6, 6.07) is 1.57. The van der Waals surface area contributed by atoms with Crippen LogP contribution in [0.5, 0.6) is 5.75 Å². The van der Waals surface area contributed by atoms with Crippen molar-refractivity contribution in [3.8, 4) is 5.75 Å². The lowest BCUT2D eigenvalue weighted by Gasteiger charge is -2.06. The van der Waals surface area contributed by atoms with Gasteiger partial charge in [0, 0.05) is 12.3 Å². The van der Waals surface area contributed by atoms with Crippen LogP contribution in [0.3, 0.4) is 0 Å². The predicted octanol–water partition coefficient (Wildman–Crippen LogP) is 2.09. The van der Waals surface area contributed by atoms with E-state index >= 15 is 0 Å². The van der Waals surface area contributed by atoms with Crippen LogP contribution >= 0.6 is 0 Å². The molecule has 0 radical (unpaired) electrons. The Balaban J connectivity index is 2.37. The molecule has 0 N–H and O–H groups in total. The van der Waals surface area contributed by atoms with Gasteiger partial charge >= 0.3 is 5.69 Å². The second-order valence-corrected chi connectivity index (χ2v) is 3.53. The van der Waals surface area contributed by atoms with Gasteiger partial charge < -0.3 is 4.74 Å². The molecule has 1 heterocycles. The topological polar surface area (TPSA) is 65.3 Å². The first kappa shape index (κ1) is 9.89. The lowest BCUT2D eigenvalue weighted by Crippen LogP contribution is -2.04. The molecule has 1 aliphatic carbocycles. The van der Waals surface area contributed by atoms with Crippen LogP contribution in [0.4, 0.5) is 5.69 Å². The summed E-state index contributed by atoms with van der Waals surface area (Å²) in [5.41, 5.74) is 0.505. The zero-order valence-corrected chi connectivity index (χ0v) is 8.47. The monoisotopic (exact) mass is 208 g/mol. The van der Waals surface area contributed by atoms with E-state index in [9.17, 15) is 10.1 Å². The third-order valence-corrected chi connectivity index (χ3v) is 2.30. The fraction of sp³-hybridized carbons (Fsp3) is 0.500. The lowest BCUT2D eigenvalue weighted by atomic mass is 10.2. The first-order valence-electron chi connectivity index (χ1n) is 5.01. The number of nitro groups is 1. The van der Waals surface area contributed by atoms with Gasteiger partial charge in [-0.05, 0) is 19.3 Å². The van der Waals surface area contributed by atoms with Gasteiger partial charge in [-0.25, -0.2) is 0 Å². The predicted molar refractivity (Wildman–Crippen MR) is 53.9 cm³/mol. The molecule has 0 atom stereocenters. The maximum Gasteiger partial charge on any atom is 0.332 e. The molecule has 1 fully saturated rings. The fourth-order valence-electron chi connectivity index (χ4n) is 1.39. The molecule has 0 aromatic carbocycles. The van der Waals surface area contributed by atoms with Crippen LogP contribution in [0.2, 0.25) is 0 Å². The van der Waals surface area contributed by atoms with Crippen LogP contribution in [-0.4, -0.2) is 16.0 Å². The quantitative estimate of drug-likeness (QED) is 0.561. The molecule has 0 spiro atoms. The summed E-state index contributed by atoms with van der Waals surface area (Å²) in [7, 11) is 0. The molecule has 0 unspecified atom stereocenters. The molecule has 80 valence electrons. The number of hydrogen-bond donors (Lipinski definition) is 0. The summed E-state index contributed by atoms with van der Waals surface area (Å²) < 4.78 is 5.48. The molecule has 5 heteroatoms. The van der Waals surface area contributed by atoms with Crippen LogP contribution in [-0.2, 0) is 6.42 Å². The Morgan fingerprint density at radius 3 is 2.93 bits per heavy atom. The summed E-state index contributed by atoms with van der Waals surface area (Å²) >= 11 is 0. The minimum atomic E-state index is -0.413. The highest BCUT2D eigenvalue weighted by atomic mass is 16.6. The Kier molecular flexibility index (Phi) is 2.53. The van der Waals surface area contributed by atoms with E-state index in [2.05, 4.69) is 4.98 Å². The van der Waals surface area contributed by atoms with Crippen molar-refractivity contribution in [2.75, 3.05) is 0 Å². The van der Waals surface area contributed by atoms with Crippen molar-refractivity contribution in [2.45, 2.75) is 32.3 Å². The van der Waals surface area contributed by atoms with Gasteiger partial charge in [-0.3, -0.25) is 15.1 Å². The number of aromatic nitrogens is 1. The van der Waals surface area contributed by atoms with Crippen LogP contribution in [0.15, 0.2) is 12.3 Å². The van der Waals surface area contributed by atoms with Crippen molar-refractivity contribution in [3.63, 3.8) is 0 Å². The molecule has 0 saturated heterocycles. The zero-order chi connectivity index (χ0) is 10.8. The Morgan fingerprint density at radius 1 is 1.67 bits per heavy atom. The highest BCUT2D eigenvalue weighted by Gasteiger charge is 2.28. The van der Waals surface area contributed by atoms with Gasteiger partial charge in [-0.15, -0.1) is 0 Å². The molecule has 0 aliphatic heterocycles. The first-order valence-corrected chi connectivity index (χ1v) is 5.01. The molecule has 1 aliphatic rings.